The number of hydrogen-bond acceptors (Lipinski definition) is 5. The molecule has 0 fully saturated rings. The van der Waals surface area contributed by atoms with E-state index >= 15 is 0 Å². The Morgan fingerprint density at radius 1 is 1.05 bits per heavy atom. The van der Waals surface area contributed by atoms with Crippen LogP contribution in [-0.4, -0.2) is 30.8 Å². The molecule has 1 amide bonds. The molecule has 1 aromatic heterocycles. The van der Waals surface area contributed by atoms with Gasteiger partial charge in [0.25, 0.3) is 5.91 Å². The Balaban J connectivity index is 2.14. The molecule has 22 heavy (non-hydrogen) atoms. The first-order valence-electron chi connectivity index (χ1n) is 6.62. The van der Waals surface area contributed by atoms with Crippen LogP contribution in [0.2, 0.25) is 0 Å². The van der Waals surface area contributed by atoms with Gasteiger partial charge in [0.15, 0.2) is 11.5 Å². The number of aromatic nitrogens is 1. The minimum atomic E-state index is -0.290. The van der Waals surface area contributed by atoms with E-state index in [1.807, 2.05) is 6.07 Å². The Kier molecular flexibility index (Phi) is 5.08. The van der Waals surface area contributed by atoms with Gasteiger partial charge in [0.2, 0.25) is 0 Å². The first-order valence-corrected chi connectivity index (χ1v) is 6.62. The number of methoxy groups -OCH3 is 2. The Morgan fingerprint density at radius 2 is 1.73 bits per heavy atom. The quantitative estimate of drug-likeness (QED) is 0.679. The predicted octanol–water partition coefficient (Wildman–Crippen LogP) is 2.25. The van der Waals surface area contributed by atoms with Crippen molar-refractivity contribution < 1.29 is 14.3 Å². The van der Waals surface area contributed by atoms with Crippen molar-refractivity contribution in [2.45, 2.75) is 6.92 Å². The highest BCUT2D eigenvalue weighted by molar-refractivity contribution is 6.01. The monoisotopic (exact) mass is 299 g/mol. The molecule has 2 rings (SSSR count). The van der Waals surface area contributed by atoms with Crippen LogP contribution in [0.25, 0.3) is 0 Å². The second-order valence-electron chi connectivity index (χ2n) is 4.44. The lowest BCUT2D eigenvalue weighted by molar-refractivity contribution is 0.0954. The number of pyridine rings is 1. The summed E-state index contributed by atoms with van der Waals surface area (Å²) >= 11 is 0. The van der Waals surface area contributed by atoms with Crippen LogP contribution in [0, 0.1) is 0 Å². The van der Waals surface area contributed by atoms with Crippen LogP contribution in [0.3, 0.4) is 0 Å². The van der Waals surface area contributed by atoms with Gasteiger partial charge >= 0.3 is 0 Å². The second kappa shape index (κ2) is 7.21. The molecule has 0 spiro atoms. The van der Waals surface area contributed by atoms with E-state index in [-0.39, 0.29) is 5.91 Å². The Hall–Kier alpha value is -2.89. The maximum Gasteiger partial charge on any atom is 0.271 e. The summed E-state index contributed by atoms with van der Waals surface area (Å²) in [5.41, 5.74) is 4.49. The van der Waals surface area contributed by atoms with Gasteiger partial charge in [-0.1, -0.05) is 0 Å². The van der Waals surface area contributed by atoms with E-state index in [2.05, 4.69) is 15.5 Å². The van der Waals surface area contributed by atoms with Crippen LogP contribution in [0.15, 0.2) is 47.8 Å². The van der Waals surface area contributed by atoms with Gasteiger partial charge in [-0.05, 0) is 37.3 Å². The molecular formula is C16H17N3O3. The number of benzene rings is 1. The fourth-order valence-electron chi connectivity index (χ4n) is 1.83. The van der Waals surface area contributed by atoms with Crippen molar-refractivity contribution in [2.24, 2.45) is 5.10 Å². The number of carbonyl (C=O) groups is 1. The summed E-state index contributed by atoms with van der Waals surface area (Å²) in [4.78, 5) is 15.8. The summed E-state index contributed by atoms with van der Waals surface area (Å²) < 4.78 is 10.4. The molecule has 0 unspecified atom stereocenters. The first-order chi connectivity index (χ1) is 10.7. The van der Waals surface area contributed by atoms with E-state index in [0.29, 0.717) is 22.8 Å². The number of nitrogens with zero attached hydrogens (tertiary/aromatic N) is 2. The second-order valence-corrected chi connectivity index (χ2v) is 4.44. The largest absolute Gasteiger partial charge is 0.493 e. The van der Waals surface area contributed by atoms with Gasteiger partial charge in [-0.2, -0.15) is 5.10 Å². The normalized spacial score (nSPS) is 11.0. The van der Waals surface area contributed by atoms with Crippen molar-refractivity contribution in [2.75, 3.05) is 14.2 Å². The molecule has 0 radical (unpaired) electrons. The summed E-state index contributed by atoms with van der Waals surface area (Å²) in [5.74, 6) is 0.956. The Labute approximate surface area is 128 Å². The third-order valence-electron chi connectivity index (χ3n) is 3.07. The van der Waals surface area contributed by atoms with E-state index in [4.69, 9.17) is 9.47 Å². The van der Waals surface area contributed by atoms with Crippen molar-refractivity contribution in [3.8, 4) is 11.5 Å². The molecule has 0 bridgehead atoms. The number of amides is 1. The van der Waals surface area contributed by atoms with Gasteiger partial charge in [-0.15, -0.1) is 0 Å². The molecule has 1 N–H and O–H groups in total. The molecule has 0 atom stereocenters. The van der Waals surface area contributed by atoms with Crippen LogP contribution in [0.4, 0.5) is 0 Å². The minimum Gasteiger partial charge on any atom is -0.493 e. The lowest BCUT2D eigenvalue weighted by Gasteiger charge is -2.09. The summed E-state index contributed by atoms with van der Waals surface area (Å²) in [7, 11) is 3.15. The summed E-state index contributed by atoms with van der Waals surface area (Å²) in [6, 6.07) is 8.68. The van der Waals surface area contributed by atoms with Crippen molar-refractivity contribution in [1.82, 2.24) is 10.4 Å². The van der Waals surface area contributed by atoms with Crippen LogP contribution in [0.1, 0.15) is 22.8 Å². The number of carbonyl (C=O) groups excluding carboxylic acids is 1. The van der Waals surface area contributed by atoms with E-state index in [1.54, 1.807) is 57.8 Å². The topological polar surface area (TPSA) is 72.8 Å². The standard InChI is InChI=1S/C16H17N3O3/c1-11(13-4-5-14(21-2)15(10-13)22-3)18-19-16(20)12-6-8-17-9-7-12/h4-10H,1-3H3,(H,19,20)/b18-11+. The van der Waals surface area contributed by atoms with Gasteiger partial charge in [0, 0.05) is 23.5 Å². The average Bonchev–Trinajstić information content (AvgIpc) is 2.59. The van der Waals surface area contributed by atoms with Crippen molar-refractivity contribution >= 4 is 11.6 Å². The average molecular weight is 299 g/mol. The van der Waals surface area contributed by atoms with Crippen LogP contribution >= 0.6 is 0 Å². The van der Waals surface area contributed by atoms with Gasteiger partial charge in [0.1, 0.15) is 0 Å². The molecular weight excluding hydrogens is 282 g/mol. The molecule has 114 valence electrons. The van der Waals surface area contributed by atoms with Crippen LogP contribution < -0.4 is 14.9 Å². The summed E-state index contributed by atoms with van der Waals surface area (Å²) in [5, 5.41) is 4.10. The molecule has 0 aliphatic carbocycles. The first kappa shape index (κ1) is 15.5. The predicted molar refractivity (Wildman–Crippen MR) is 83.5 cm³/mol. The van der Waals surface area contributed by atoms with Gasteiger partial charge in [-0.3, -0.25) is 9.78 Å². The van der Waals surface area contributed by atoms with Crippen LogP contribution in [-0.2, 0) is 0 Å². The molecule has 1 aromatic carbocycles. The molecule has 2 aromatic rings. The molecule has 0 aliphatic rings. The molecule has 0 aliphatic heterocycles. The van der Waals surface area contributed by atoms with E-state index in [1.165, 1.54) is 0 Å². The molecule has 0 saturated heterocycles. The third-order valence-corrected chi connectivity index (χ3v) is 3.07. The number of ether oxygens (including phenoxy) is 2. The maximum absolute atomic E-state index is 11.9. The van der Waals surface area contributed by atoms with Crippen molar-refractivity contribution in [3.05, 3.63) is 53.9 Å². The highest BCUT2D eigenvalue weighted by Crippen LogP contribution is 2.27. The smallest absolute Gasteiger partial charge is 0.271 e. The molecule has 6 nitrogen and oxygen atoms in total. The highest BCUT2D eigenvalue weighted by atomic mass is 16.5. The van der Waals surface area contributed by atoms with Gasteiger partial charge in [0.05, 0.1) is 19.9 Å². The molecule has 1 heterocycles. The maximum atomic E-state index is 11.9. The zero-order chi connectivity index (χ0) is 15.9. The minimum absolute atomic E-state index is 0.290. The number of rotatable bonds is 5. The van der Waals surface area contributed by atoms with Crippen molar-refractivity contribution in [1.29, 1.82) is 0 Å². The Bertz CT molecular complexity index is 684. The van der Waals surface area contributed by atoms with E-state index < -0.39 is 0 Å². The zero-order valence-electron chi connectivity index (χ0n) is 12.7. The van der Waals surface area contributed by atoms with Crippen molar-refractivity contribution in [3.63, 3.8) is 0 Å². The fraction of sp³-hybridized carbons (Fsp3) is 0.188. The van der Waals surface area contributed by atoms with E-state index in [0.717, 1.165) is 5.56 Å². The lowest BCUT2D eigenvalue weighted by Crippen LogP contribution is -2.19. The number of nitrogens with one attached hydrogen (secondary N) is 1. The SMILES string of the molecule is COc1ccc(/C(C)=N/NC(=O)c2ccncc2)cc1OC. The number of hydrazone groups is 1. The third kappa shape index (κ3) is 3.60. The van der Waals surface area contributed by atoms with Crippen LogP contribution in [0.5, 0.6) is 11.5 Å². The Morgan fingerprint density at radius 3 is 2.36 bits per heavy atom. The lowest BCUT2D eigenvalue weighted by atomic mass is 10.1. The van der Waals surface area contributed by atoms with Gasteiger partial charge < -0.3 is 9.47 Å². The molecule has 0 saturated carbocycles. The van der Waals surface area contributed by atoms with Gasteiger partial charge in [-0.25, -0.2) is 5.43 Å². The summed E-state index contributed by atoms with van der Waals surface area (Å²) in [6.45, 7) is 1.80. The zero-order valence-corrected chi connectivity index (χ0v) is 12.7. The summed E-state index contributed by atoms with van der Waals surface area (Å²) in [6.07, 6.45) is 3.11. The highest BCUT2D eigenvalue weighted by Gasteiger charge is 2.08. The molecule has 6 heteroatoms. The van der Waals surface area contributed by atoms with E-state index in [9.17, 15) is 4.79 Å². The fourth-order valence-corrected chi connectivity index (χ4v) is 1.83. The number of hydrogen-bond donors (Lipinski definition) is 1.